The van der Waals surface area contributed by atoms with Crippen LogP contribution in [0.3, 0.4) is 0 Å². The first-order valence-corrected chi connectivity index (χ1v) is 7.33. The Morgan fingerprint density at radius 2 is 1.83 bits per heavy atom. The minimum Gasteiger partial charge on any atom is -0.481 e. The van der Waals surface area contributed by atoms with Crippen LogP contribution in [0, 0.1) is 5.41 Å². The molecule has 0 radical (unpaired) electrons. The third kappa shape index (κ3) is 5.39. The molecule has 0 unspecified atom stereocenters. The molecule has 1 rings (SSSR count). The molecule has 0 aliphatic heterocycles. The van der Waals surface area contributed by atoms with E-state index in [2.05, 4.69) is 5.32 Å². The summed E-state index contributed by atoms with van der Waals surface area (Å²) in [5, 5.41) is 11.7. The highest BCUT2D eigenvalue weighted by molar-refractivity contribution is 5.94. The van der Waals surface area contributed by atoms with Crippen LogP contribution in [-0.2, 0) is 9.59 Å². The van der Waals surface area contributed by atoms with Crippen molar-refractivity contribution < 1.29 is 24.2 Å². The van der Waals surface area contributed by atoms with Gasteiger partial charge < -0.3 is 15.2 Å². The van der Waals surface area contributed by atoms with Gasteiger partial charge in [0.15, 0.2) is 11.9 Å². The number of aliphatic carboxylic acids is 1. The van der Waals surface area contributed by atoms with Crippen LogP contribution in [0.25, 0.3) is 0 Å². The third-order valence-electron chi connectivity index (χ3n) is 3.32. The van der Waals surface area contributed by atoms with Gasteiger partial charge in [0.25, 0.3) is 5.91 Å². The molecule has 1 amide bonds. The predicted octanol–water partition coefficient (Wildman–Crippen LogP) is 2.27. The number of rotatable bonds is 6. The molecule has 0 saturated carbocycles. The largest absolute Gasteiger partial charge is 0.481 e. The summed E-state index contributed by atoms with van der Waals surface area (Å²) < 4.78 is 5.50. The van der Waals surface area contributed by atoms with Crippen LogP contribution in [-0.4, -0.2) is 34.9 Å². The molecule has 0 bridgehead atoms. The SMILES string of the molecule is CC(=O)c1cccc(O[C@H](C)C(=O)N[C@@H](C(=O)O)C(C)(C)C)c1. The number of carbonyl (C=O) groups is 3. The zero-order valence-corrected chi connectivity index (χ0v) is 14.0. The zero-order valence-electron chi connectivity index (χ0n) is 14.0. The second-order valence-electron chi connectivity index (χ2n) is 6.49. The van der Waals surface area contributed by atoms with E-state index in [9.17, 15) is 19.5 Å². The summed E-state index contributed by atoms with van der Waals surface area (Å²) in [7, 11) is 0. The minimum absolute atomic E-state index is 0.105. The summed E-state index contributed by atoms with van der Waals surface area (Å²) in [6.07, 6.45) is -0.888. The van der Waals surface area contributed by atoms with Crippen molar-refractivity contribution in [2.75, 3.05) is 0 Å². The highest BCUT2D eigenvalue weighted by Gasteiger charge is 2.34. The van der Waals surface area contributed by atoms with Crippen LogP contribution in [0.1, 0.15) is 45.0 Å². The third-order valence-corrected chi connectivity index (χ3v) is 3.32. The number of amides is 1. The molecule has 6 nitrogen and oxygen atoms in total. The van der Waals surface area contributed by atoms with Crippen molar-refractivity contribution in [1.29, 1.82) is 0 Å². The van der Waals surface area contributed by atoms with E-state index in [-0.39, 0.29) is 5.78 Å². The molecule has 2 atom stereocenters. The van der Waals surface area contributed by atoms with Crippen molar-refractivity contribution in [3.63, 3.8) is 0 Å². The van der Waals surface area contributed by atoms with Gasteiger partial charge in [-0.05, 0) is 31.4 Å². The Bertz CT molecular complexity index is 603. The summed E-state index contributed by atoms with van der Waals surface area (Å²) in [4.78, 5) is 34.8. The van der Waals surface area contributed by atoms with Crippen molar-refractivity contribution in [2.45, 2.75) is 46.8 Å². The lowest BCUT2D eigenvalue weighted by Gasteiger charge is -2.28. The number of ether oxygens (including phenoxy) is 1. The van der Waals surface area contributed by atoms with E-state index in [0.717, 1.165) is 0 Å². The summed E-state index contributed by atoms with van der Waals surface area (Å²) in [6, 6.07) is 5.47. The average molecular weight is 321 g/mol. The highest BCUT2D eigenvalue weighted by Crippen LogP contribution is 2.20. The number of carboxylic acid groups (broad SMARTS) is 1. The topological polar surface area (TPSA) is 92.7 Å². The Hall–Kier alpha value is -2.37. The molecule has 1 aromatic carbocycles. The Balaban J connectivity index is 2.79. The second kappa shape index (κ2) is 7.26. The van der Waals surface area contributed by atoms with Gasteiger partial charge in [0.1, 0.15) is 11.8 Å². The van der Waals surface area contributed by atoms with Crippen molar-refractivity contribution in [3.8, 4) is 5.75 Å². The van der Waals surface area contributed by atoms with Crippen LogP contribution >= 0.6 is 0 Å². The lowest BCUT2D eigenvalue weighted by molar-refractivity contribution is -0.146. The maximum Gasteiger partial charge on any atom is 0.326 e. The molecule has 0 aliphatic carbocycles. The predicted molar refractivity (Wildman–Crippen MR) is 85.6 cm³/mol. The van der Waals surface area contributed by atoms with Crippen LogP contribution in [0.5, 0.6) is 5.75 Å². The van der Waals surface area contributed by atoms with Gasteiger partial charge in [0, 0.05) is 5.56 Å². The van der Waals surface area contributed by atoms with Crippen molar-refractivity contribution >= 4 is 17.7 Å². The van der Waals surface area contributed by atoms with Gasteiger partial charge in [-0.1, -0.05) is 32.9 Å². The lowest BCUT2D eigenvalue weighted by atomic mass is 9.86. The van der Waals surface area contributed by atoms with Gasteiger partial charge in [-0.25, -0.2) is 4.79 Å². The Labute approximate surface area is 135 Å². The van der Waals surface area contributed by atoms with E-state index in [1.54, 1.807) is 45.0 Å². The Morgan fingerprint density at radius 1 is 1.22 bits per heavy atom. The van der Waals surface area contributed by atoms with E-state index in [1.807, 2.05) is 0 Å². The minimum atomic E-state index is -1.10. The molecule has 0 aliphatic rings. The number of carboxylic acids is 1. The maximum atomic E-state index is 12.2. The molecule has 0 heterocycles. The number of benzene rings is 1. The normalized spacial score (nSPS) is 13.8. The number of carbonyl (C=O) groups excluding carboxylic acids is 2. The quantitative estimate of drug-likeness (QED) is 0.784. The summed E-state index contributed by atoms with van der Waals surface area (Å²) in [5.74, 6) is -1.36. The molecule has 0 saturated heterocycles. The number of ketones is 1. The van der Waals surface area contributed by atoms with Crippen LogP contribution in [0.2, 0.25) is 0 Å². The fraction of sp³-hybridized carbons (Fsp3) is 0.471. The molecule has 0 spiro atoms. The number of hydrogen-bond donors (Lipinski definition) is 2. The van der Waals surface area contributed by atoms with E-state index >= 15 is 0 Å². The van der Waals surface area contributed by atoms with Gasteiger partial charge in [-0.15, -0.1) is 0 Å². The number of nitrogens with one attached hydrogen (secondary N) is 1. The molecular formula is C17H23NO5. The van der Waals surface area contributed by atoms with Gasteiger partial charge in [-0.2, -0.15) is 0 Å². The maximum absolute atomic E-state index is 12.2. The molecule has 23 heavy (non-hydrogen) atoms. The lowest BCUT2D eigenvalue weighted by Crippen LogP contribution is -2.52. The molecule has 1 aromatic rings. The fourth-order valence-corrected chi connectivity index (χ4v) is 1.95. The van der Waals surface area contributed by atoms with E-state index < -0.39 is 29.4 Å². The second-order valence-corrected chi connectivity index (χ2v) is 6.49. The molecule has 2 N–H and O–H groups in total. The van der Waals surface area contributed by atoms with Crippen molar-refractivity contribution in [2.24, 2.45) is 5.41 Å². The zero-order chi connectivity index (χ0) is 17.8. The van der Waals surface area contributed by atoms with E-state index in [4.69, 9.17) is 4.74 Å². The van der Waals surface area contributed by atoms with Gasteiger partial charge in [0.05, 0.1) is 0 Å². The Morgan fingerprint density at radius 3 is 2.30 bits per heavy atom. The molecule has 0 fully saturated rings. The van der Waals surface area contributed by atoms with E-state index in [0.29, 0.717) is 11.3 Å². The molecule has 6 heteroatoms. The summed E-state index contributed by atoms with van der Waals surface area (Å²) in [5.41, 5.74) is -0.149. The van der Waals surface area contributed by atoms with E-state index in [1.165, 1.54) is 13.8 Å². The number of Topliss-reactive ketones (excluding diaryl/α,β-unsaturated/α-hetero) is 1. The molecule has 0 aromatic heterocycles. The van der Waals surface area contributed by atoms with Gasteiger partial charge in [-0.3, -0.25) is 9.59 Å². The van der Waals surface area contributed by atoms with Crippen molar-refractivity contribution in [1.82, 2.24) is 5.32 Å². The standard InChI is InChI=1S/C17H23NO5/c1-10(19)12-7-6-8-13(9-12)23-11(2)15(20)18-14(16(21)22)17(3,4)5/h6-9,11,14H,1-5H3,(H,18,20)(H,21,22)/t11-,14+/m1/s1. The van der Waals surface area contributed by atoms with Crippen LogP contribution in [0.15, 0.2) is 24.3 Å². The summed E-state index contributed by atoms with van der Waals surface area (Å²) >= 11 is 0. The van der Waals surface area contributed by atoms with Crippen LogP contribution in [0.4, 0.5) is 0 Å². The van der Waals surface area contributed by atoms with Crippen molar-refractivity contribution in [3.05, 3.63) is 29.8 Å². The summed E-state index contributed by atoms with van der Waals surface area (Å²) in [6.45, 7) is 8.16. The highest BCUT2D eigenvalue weighted by atomic mass is 16.5. The average Bonchev–Trinajstić information content (AvgIpc) is 2.42. The molecule has 126 valence electrons. The Kier molecular flexibility index (Phi) is 5.90. The fourth-order valence-electron chi connectivity index (χ4n) is 1.95. The first-order valence-electron chi connectivity index (χ1n) is 7.33. The van der Waals surface area contributed by atoms with Crippen LogP contribution < -0.4 is 10.1 Å². The smallest absolute Gasteiger partial charge is 0.326 e. The number of hydrogen-bond acceptors (Lipinski definition) is 4. The van der Waals surface area contributed by atoms with Gasteiger partial charge >= 0.3 is 5.97 Å². The molecular weight excluding hydrogens is 298 g/mol. The monoisotopic (exact) mass is 321 g/mol. The first-order chi connectivity index (χ1) is 10.5. The van der Waals surface area contributed by atoms with Gasteiger partial charge in [0.2, 0.25) is 0 Å². The first kappa shape index (κ1) is 18.7.